The number of nitrogens with one attached hydrogen (secondary N) is 1. The van der Waals surface area contributed by atoms with Gasteiger partial charge in [-0.05, 0) is 63.4 Å². The third-order valence-electron chi connectivity index (χ3n) is 5.88. The fourth-order valence-corrected chi connectivity index (χ4v) is 4.08. The van der Waals surface area contributed by atoms with Gasteiger partial charge in [-0.25, -0.2) is 4.39 Å². The van der Waals surface area contributed by atoms with Crippen molar-refractivity contribution < 1.29 is 18.4 Å². The zero-order valence-electron chi connectivity index (χ0n) is 18.7. The molecule has 1 amide bonds. The lowest BCUT2D eigenvalue weighted by molar-refractivity contribution is 0.0928. The zero-order valence-corrected chi connectivity index (χ0v) is 18.7. The highest BCUT2D eigenvalue weighted by Gasteiger charge is 2.25. The lowest BCUT2D eigenvalue weighted by Crippen LogP contribution is -2.48. The molecule has 0 saturated carbocycles. The van der Waals surface area contributed by atoms with Gasteiger partial charge in [0.2, 0.25) is 0 Å². The van der Waals surface area contributed by atoms with Gasteiger partial charge in [0.15, 0.2) is 0 Å². The van der Waals surface area contributed by atoms with E-state index in [4.69, 9.17) is 9.26 Å². The Morgan fingerprint density at radius 3 is 2.84 bits per heavy atom. The second-order valence-corrected chi connectivity index (χ2v) is 8.30. The van der Waals surface area contributed by atoms with Crippen molar-refractivity contribution in [2.45, 2.75) is 46.3 Å². The number of ether oxygens (including phenoxy) is 1. The molecule has 6 nitrogen and oxygen atoms in total. The van der Waals surface area contributed by atoms with Crippen LogP contribution in [0.3, 0.4) is 0 Å². The van der Waals surface area contributed by atoms with E-state index >= 15 is 0 Å². The number of aromatic nitrogens is 1. The van der Waals surface area contributed by atoms with Gasteiger partial charge in [-0.3, -0.25) is 4.79 Å². The molecule has 32 heavy (non-hydrogen) atoms. The van der Waals surface area contributed by atoms with Gasteiger partial charge < -0.3 is 19.5 Å². The van der Waals surface area contributed by atoms with E-state index in [0.29, 0.717) is 29.3 Å². The molecule has 1 N–H and O–H groups in total. The molecule has 3 aromatic rings. The van der Waals surface area contributed by atoms with E-state index in [1.165, 1.54) is 6.07 Å². The van der Waals surface area contributed by atoms with E-state index in [1.54, 1.807) is 18.2 Å². The molecule has 1 aliphatic heterocycles. The molecule has 1 atom stereocenters. The number of hydrogen-bond acceptors (Lipinski definition) is 5. The van der Waals surface area contributed by atoms with Crippen LogP contribution in [0.25, 0.3) is 0 Å². The minimum absolute atomic E-state index is 0.0771. The highest BCUT2D eigenvalue weighted by molar-refractivity contribution is 5.97. The van der Waals surface area contributed by atoms with E-state index < -0.39 is 0 Å². The number of piperidine rings is 1. The monoisotopic (exact) mass is 437 g/mol. The van der Waals surface area contributed by atoms with Gasteiger partial charge in [-0.15, -0.1) is 0 Å². The largest absolute Gasteiger partial charge is 0.488 e. The first-order chi connectivity index (χ1) is 15.4. The molecule has 0 spiro atoms. The second kappa shape index (κ2) is 9.42. The lowest BCUT2D eigenvalue weighted by atomic mass is 10.0. The standard InChI is InChI=1S/C25H28FN3O3/c1-16-10-11-22(26)23(13-16)29-12-6-7-19(14-29)27-25(30)20-8-4-5-9-24(20)31-15-21-17(2)28-32-18(21)3/h4-5,8-11,13,19H,6-7,12,14-15H2,1-3H3,(H,27,30). The van der Waals surface area contributed by atoms with Crippen molar-refractivity contribution in [3.63, 3.8) is 0 Å². The van der Waals surface area contributed by atoms with Gasteiger partial charge in [-0.1, -0.05) is 23.4 Å². The van der Waals surface area contributed by atoms with Crippen LogP contribution in [0, 0.1) is 26.6 Å². The number of amides is 1. The third kappa shape index (κ3) is 4.77. The summed E-state index contributed by atoms with van der Waals surface area (Å²) < 4.78 is 25.5. The maximum absolute atomic E-state index is 14.4. The van der Waals surface area contributed by atoms with Crippen molar-refractivity contribution in [1.29, 1.82) is 0 Å². The molecule has 168 valence electrons. The molecular formula is C25H28FN3O3. The van der Waals surface area contributed by atoms with Crippen LogP contribution >= 0.6 is 0 Å². The van der Waals surface area contributed by atoms with E-state index in [1.807, 2.05) is 43.9 Å². The van der Waals surface area contributed by atoms with Crippen LogP contribution in [0.4, 0.5) is 10.1 Å². The van der Waals surface area contributed by atoms with Crippen LogP contribution in [-0.4, -0.2) is 30.2 Å². The third-order valence-corrected chi connectivity index (χ3v) is 5.88. The van der Waals surface area contributed by atoms with Crippen molar-refractivity contribution in [1.82, 2.24) is 10.5 Å². The molecule has 4 rings (SSSR count). The van der Waals surface area contributed by atoms with E-state index in [9.17, 15) is 9.18 Å². The quantitative estimate of drug-likeness (QED) is 0.605. The maximum atomic E-state index is 14.4. The number of anilines is 1. The molecule has 1 saturated heterocycles. The van der Waals surface area contributed by atoms with Crippen LogP contribution < -0.4 is 15.0 Å². The van der Waals surface area contributed by atoms with E-state index in [0.717, 1.165) is 36.2 Å². The first-order valence-corrected chi connectivity index (χ1v) is 10.9. The van der Waals surface area contributed by atoms with Gasteiger partial charge >= 0.3 is 0 Å². The maximum Gasteiger partial charge on any atom is 0.255 e. The normalized spacial score (nSPS) is 16.1. The number of para-hydroxylation sites is 1. The minimum Gasteiger partial charge on any atom is -0.488 e. The lowest BCUT2D eigenvalue weighted by Gasteiger charge is -2.35. The SMILES string of the molecule is Cc1ccc(F)c(N2CCCC(NC(=O)c3ccccc3OCc3c(C)noc3C)C2)c1. The van der Waals surface area contributed by atoms with Crippen LogP contribution in [0.15, 0.2) is 47.0 Å². The topological polar surface area (TPSA) is 67.6 Å². The fraction of sp³-hybridized carbons (Fsp3) is 0.360. The summed E-state index contributed by atoms with van der Waals surface area (Å²) in [6.07, 6.45) is 1.72. The number of nitrogens with zero attached hydrogens (tertiary/aromatic N) is 2. The number of rotatable bonds is 6. The Balaban J connectivity index is 1.44. The van der Waals surface area contributed by atoms with E-state index in [-0.39, 0.29) is 24.4 Å². The molecule has 1 aliphatic rings. The molecule has 1 aromatic heterocycles. The van der Waals surface area contributed by atoms with Crippen molar-refractivity contribution in [2.24, 2.45) is 0 Å². The first kappa shape index (κ1) is 21.9. The molecule has 2 aromatic carbocycles. The number of aryl methyl sites for hydroxylation is 3. The Morgan fingerprint density at radius 2 is 2.06 bits per heavy atom. The van der Waals surface area contributed by atoms with Crippen molar-refractivity contribution in [3.8, 4) is 5.75 Å². The number of carbonyl (C=O) groups excluding carboxylic acids is 1. The Kier molecular flexibility index (Phi) is 6.44. The molecule has 2 heterocycles. The Hall–Kier alpha value is -3.35. The van der Waals surface area contributed by atoms with Crippen LogP contribution in [0.1, 0.15) is 45.8 Å². The molecular weight excluding hydrogens is 409 g/mol. The Morgan fingerprint density at radius 1 is 1.25 bits per heavy atom. The summed E-state index contributed by atoms with van der Waals surface area (Å²) in [7, 11) is 0. The Bertz CT molecular complexity index is 1090. The average molecular weight is 438 g/mol. The highest BCUT2D eigenvalue weighted by Crippen LogP contribution is 2.26. The minimum atomic E-state index is -0.236. The summed E-state index contributed by atoms with van der Waals surface area (Å²) in [4.78, 5) is 15.1. The molecule has 7 heteroatoms. The molecule has 1 unspecified atom stereocenters. The van der Waals surface area contributed by atoms with Crippen LogP contribution in [0.5, 0.6) is 5.75 Å². The summed E-state index contributed by atoms with van der Waals surface area (Å²) in [5, 5.41) is 7.05. The van der Waals surface area contributed by atoms with Crippen LogP contribution in [0.2, 0.25) is 0 Å². The first-order valence-electron chi connectivity index (χ1n) is 10.9. The van der Waals surface area contributed by atoms with Gasteiger partial charge in [-0.2, -0.15) is 0 Å². The van der Waals surface area contributed by atoms with E-state index in [2.05, 4.69) is 10.5 Å². The molecule has 0 radical (unpaired) electrons. The van der Waals surface area contributed by atoms with Crippen molar-refractivity contribution in [2.75, 3.05) is 18.0 Å². The number of halogens is 1. The summed E-state index contributed by atoms with van der Waals surface area (Å²) in [5.41, 5.74) is 3.72. The smallest absolute Gasteiger partial charge is 0.255 e. The average Bonchev–Trinajstić information content (AvgIpc) is 3.11. The van der Waals surface area contributed by atoms with Crippen LogP contribution in [-0.2, 0) is 6.61 Å². The number of benzene rings is 2. The van der Waals surface area contributed by atoms with Gasteiger partial charge in [0.1, 0.15) is 23.9 Å². The predicted molar refractivity (Wildman–Crippen MR) is 121 cm³/mol. The second-order valence-electron chi connectivity index (χ2n) is 8.30. The van der Waals surface area contributed by atoms with Gasteiger partial charge in [0.25, 0.3) is 5.91 Å². The summed E-state index contributed by atoms with van der Waals surface area (Å²) >= 11 is 0. The Labute approximate surface area is 187 Å². The highest BCUT2D eigenvalue weighted by atomic mass is 19.1. The number of hydrogen-bond donors (Lipinski definition) is 1. The number of carbonyl (C=O) groups is 1. The van der Waals surface area contributed by atoms with Gasteiger partial charge in [0, 0.05) is 19.1 Å². The predicted octanol–water partition coefficient (Wildman–Crippen LogP) is 4.72. The zero-order chi connectivity index (χ0) is 22.7. The van der Waals surface area contributed by atoms with Crippen molar-refractivity contribution >= 4 is 11.6 Å². The van der Waals surface area contributed by atoms with Gasteiger partial charge in [0.05, 0.1) is 22.5 Å². The van der Waals surface area contributed by atoms with Crippen molar-refractivity contribution in [3.05, 3.63) is 76.4 Å². The summed E-state index contributed by atoms with van der Waals surface area (Å²) in [5.74, 6) is 0.772. The molecule has 0 bridgehead atoms. The summed E-state index contributed by atoms with van der Waals surface area (Å²) in [6.45, 7) is 7.25. The molecule has 0 aliphatic carbocycles. The molecule has 1 fully saturated rings. The summed E-state index contributed by atoms with van der Waals surface area (Å²) in [6, 6.07) is 12.2. The fourth-order valence-electron chi connectivity index (χ4n) is 4.08.